The number of ether oxygens (including phenoxy) is 1. The van der Waals surface area contributed by atoms with Crippen LogP contribution in [-0.4, -0.2) is 41.2 Å². The summed E-state index contributed by atoms with van der Waals surface area (Å²) in [5.41, 5.74) is 1.95. The fourth-order valence-electron chi connectivity index (χ4n) is 3.34. The van der Waals surface area contributed by atoms with Crippen LogP contribution in [-0.2, 0) is 11.3 Å². The van der Waals surface area contributed by atoms with Gasteiger partial charge in [0.15, 0.2) is 0 Å². The highest BCUT2D eigenvalue weighted by Crippen LogP contribution is 2.20. The number of aryl methyl sites for hydroxylation is 1. The Hall–Kier alpha value is -1.81. The maximum absolute atomic E-state index is 12.8. The van der Waals surface area contributed by atoms with E-state index >= 15 is 0 Å². The van der Waals surface area contributed by atoms with Crippen LogP contribution in [0.2, 0.25) is 0 Å². The van der Waals surface area contributed by atoms with E-state index in [4.69, 9.17) is 4.74 Å². The smallest absolute Gasteiger partial charge is 0.253 e. The summed E-state index contributed by atoms with van der Waals surface area (Å²) in [6.45, 7) is 7.34. The van der Waals surface area contributed by atoms with Gasteiger partial charge in [0.2, 0.25) is 0 Å². The zero-order chi connectivity index (χ0) is 16.2. The van der Waals surface area contributed by atoms with Crippen LogP contribution in [0.3, 0.4) is 0 Å². The van der Waals surface area contributed by atoms with Gasteiger partial charge >= 0.3 is 0 Å². The molecular formula is C19H26N2O2. The third kappa shape index (κ3) is 3.42. The van der Waals surface area contributed by atoms with Crippen molar-refractivity contribution in [1.29, 1.82) is 0 Å². The van der Waals surface area contributed by atoms with Crippen molar-refractivity contribution >= 4 is 16.8 Å². The number of nitrogens with zero attached hydrogens (tertiary/aromatic N) is 2. The van der Waals surface area contributed by atoms with Crippen LogP contribution in [0.25, 0.3) is 10.9 Å². The van der Waals surface area contributed by atoms with Gasteiger partial charge in [-0.05, 0) is 57.4 Å². The van der Waals surface area contributed by atoms with Gasteiger partial charge in [-0.2, -0.15) is 0 Å². The first kappa shape index (κ1) is 16.1. The summed E-state index contributed by atoms with van der Waals surface area (Å²) in [5, 5.41) is 1.13. The van der Waals surface area contributed by atoms with Gasteiger partial charge in [0.1, 0.15) is 0 Å². The largest absolute Gasteiger partial charge is 0.376 e. The lowest BCUT2D eigenvalue weighted by Crippen LogP contribution is -2.39. The van der Waals surface area contributed by atoms with E-state index < -0.39 is 0 Å². The maximum Gasteiger partial charge on any atom is 0.253 e. The lowest BCUT2D eigenvalue weighted by molar-refractivity contribution is -0.00311. The Labute approximate surface area is 138 Å². The van der Waals surface area contributed by atoms with Crippen molar-refractivity contribution < 1.29 is 9.53 Å². The first-order valence-electron chi connectivity index (χ1n) is 8.72. The Morgan fingerprint density at radius 2 is 2.17 bits per heavy atom. The van der Waals surface area contributed by atoms with Gasteiger partial charge in [0.05, 0.1) is 6.10 Å². The minimum atomic E-state index is 0.104. The minimum Gasteiger partial charge on any atom is -0.376 e. The zero-order valence-corrected chi connectivity index (χ0v) is 14.1. The second kappa shape index (κ2) is 7.18. The highest BCUT2D eigenvalue weighted by Gasteiger charge is 2.21. The summed E-state index contributed by atoms with van der Waals surface area (Å²) in [6, 6.07) is 8.09. The molecule has 2 aromatic rings. The van der Waals surface area contributed by atoms with Crippen molar-refractivity contribution in [3.63, 3.8) is 0 Å². The average molecular weight is 314 g/mol. The molecule has 1 aromatic heterocycles. The molecule has 0 unspecified atom stereocenters. The van der Waals surface area contributed by atoms with Crippen molar-refractivity contribution in [3.05, 3.63) is 36.0 Å². The number of likely N-dealkylation sites (N-methyl/N-ethyl adjacent to an activating group) is 1. The molecule has 0 spiro atoms. The molecule has 3 rings (SSSR count). The molecule has 1 aliphatic heterocycles. The number of fused-ring (bicyclic) bond motifs is 1. The van der Waals surface area contributed by atoms with Crippen molar-refractivity contribution in [2.24, 2.45) is 0 Å². The van der Waals surface area contributed by atoms with E-state index in [1.54, 1.807) is 0 Å². The molecular weight excluding hydrogens is 288 g/mol. The normalized spacial score (nSPS) is 18.3. The van der Waals surface area contributed by atoms with Gasteiger partial charge < -0.3 is 14.2 Å². The molecule has 124 valence electrons. The predicted molar refractivity (Wildman–Crippen MR) is 92.8 cm³/mol. The van der Waals surface area contributed by atoms with E-state index in [0.717, 1.165) is 36.9 Å². The quantitative estimate of drug-likeness (QED) is 0.843. The van der Waals surface area contributed by atoms with Gasteiger partial charge in [-0.3, -0.25) is 4.79 Å². The number of carbonyl (C=O) groups excluding carboxylic acids is 1. The third-order valence-electron chi connectivity index (χ3n) is 4.73. The molecule has 0 bridgehead atoms. The number of rotatable bonds is 5. The number of benzene rings is 1. The summed E-state index contributed by atoms with van der Waals surface area (Å²) in [7, 11) is 0. The lowest BCUT2D eigenvalue weighted by atomic mass is 10.1. The molecule has 4 nitrogen and oxygen atoms in total. The zero-order valence-electron chi connectivity index (χ0n) is 14.1. The number of hydrogen-bond acceptors (Lipinski definition) is 2. The van der Waals surface area contributed by atoms with Gasteiger partial charge in [-0.1, -0.05) is 0 Å². The fraction of sp³-hybridized carbons (Fsp3) is 0.526. The molecule has 0 aliphatic carbocycles. The molecule has 4 heteroatoms. The monoisotopic (exact) mass is 314 g/mol. The lowest BCUT2D eigenvalue weighted by Gasteiger charge is -2.29. The summed E-state index contributed by atoms with van der Waals surface area (Å²) < 4.78 is 7.98. The molecule has 1 aliphatic rings. The summed E-state index contributed by atoms with van der Waals surface area (Å²) in [5.74, 6) is 0.104. The molecule has 0 N–H and O–H groups in total. The van der Waals surface area contributed by atoms with Crippen LogP contribution in [0.1, 0.15) is 43.5 Å². The molecule has 1 saturated heterocycles. The van der Waals surface area contributed by atoms with Crippen molar-refractivity contribution in [3.8, 4) is 0 Å². The Balaban J connectivity index is 1.76. The summed E-state index contributed by atoms with van der Waals surface area (Å²) in [4.78, 5) is 14.7. The van der Waals surface area contributed by atoms with Gasteiger partial charge in [-0.25, -0.2) is 0 Å². The van der Waals surface area contributed by atoms with E-state index in [9.17, 15) is 4.79 Å². The van der Waals surface area contributed by atoms with Crippen molar-refractivity contribution in [1.82, 2.24) is 9.47 Å². The molecule has 0 radical (unpaired) electrons. The molecule has 1 amide bonds. The van der Waals surface area contributed by atoms with E-state index in [-0.39, 0.29) is 12.0 Å². The van der Waals surface area contributed by atoms with Gasteiger partial charge in [0, 0.05) is 48.9 Å². The van der Waals surface area contributed by atoms with Crippen LogP contribution >= 0.6 is 0 Å². The SMILES string of the molecule is CCN(C[C@@H]1CCCCO1)C(=O)c1ccc2c(ccn2CC)c1. The topological polar surface area (TPSA) is 34.5 Å². The van der Waals surface area contributed by atoms with Crippen LogP contribution in [0.15, 0.2) is 30.5 Å². The van der Waals surface area contributed by atoms with Crippen LogP contribution in [0, 0.1) is 0 Å². The molecule has 1 atom stereocenters. The third-order valence-corrected chi connectivity index (χ3v) is 4.73. The summed E-state index contributed by atoms with van der Waals surface area (Å²) >= 11 is 0. The Kier molecular flexibility index (Phi) is 5.01. The van der Waals surface area contributed by atoms with Gasteiger partial charge in [0.25, 0.3) is 5.91 Å². The molecule has 1 aromatic carbocycles. The Morgan fingerprint density at radius 1 is 1.30 bits per heavy atom. The van der Waals surface area contributed by atoms with Gasteiger partial charge in [-0.15, -0.1) is 0 Å². The highest BCUT2D eigenvalue weighted by atomic mass is 16.5. The standard InChI is InChI=1S/C19H26N2O2/c1-3-20-11-10-15-13-16(8-9-18(15)20)19(22)21(4-2)14-17-7-5-6-12-23-17/h8-11,13,17H,3-7,12,14H2,1-2H3/t17-/m0/s1. The Morgan fingerprint density at radius 3 is 2.87 bits per heavy atom. The molecule has 1 fully saturated rings. The number of hydrogen-bond donors (Lipinski definition) is 0. The number of carbonyl (C=O) groups is 1. The van der Waals surface area contributed by atoms with Crippen molar-refractivity contribution in [2.75, 3.05) is 19.7 Å². The molecule has 2 heterocycles. The van der Waals surface area contributed by atoms with Crippen LogP contribution < -0.4 is 0 Å². The predicted octanol–water partition coefficient (Wildman–Crippen LogP) is 3.69. The van der Waals surface area contributed by atoms with Crippen molar-refractivity contribution in [2.45, 2.75) is 45.8 Å². The second-order valence-corrected chi connectivity index (χ2v) is 6.21. The Bertz CT molecular complexity index is 671. The molecule has 0 saturated carbocycles. The second-order valence-electron chi connectivity index (χ2n) is 6.21. The molecule has 23 heavy (non-hydrogen) atoms. The number of amides is 1. The van der Waals surface area contributed by atoms with Crippen LogP contribution in [0.4, 0.5) is 0 Å². The minimum absolute atomic E-state index is 0.104. The maximum atomic E-state index is 12.8. The average Bonchev–Trinajstić information content (AvgIpc) is 3.02. The van der Waals surface area contributed by atoms with E-state index in [0.29, 0.717) is 13.1 Å². The van der Waals surface area contributed by atoms with E-state index in [1.165, 1.54) is 11.9 Å². The summed E-state index contributed by atoms with van der Waals surface area (Å²) in [6.07, 6.45) is 5.67. The van der Waals surface area contributed by atoms with E-state index in [2.05, 4.69) is 29.8 Å². The number of aromatic nitrogens is 1. The first-order valence-corrected chi connectivity index (χ1v) is 8.72. The first-order chi connectivity index (χ1) is 11.2. The van der Waals surface area contributed by atoms with E-state index in [1.807, 2.05) is 24.0 Å². The van der Waals surface area contributed by atoms with Crippen LogP contribution in [0.5, 0.6) is 0 Å². The highest BCUT2D eigenvalue weighted by molar-refractivity contribution is 5.98. The fourth-order valence-corrected chi connectivity index (χ4v) is 3.34.